The molecular weight excluding hydrogens is 576 g/mol. The van der Waals surface area contributed by atoms with E-state index in [-0.39, 0.29) is 18.4 Å². The summed E-state index contributed by atoms with van der Waals surface area (Å²) in [5, 5.41) is -5.13. The monoisotopic (exact) mass is 591 g/mol. The second kappa shape index (κ2) is 7.99. The van der Waals surface area contributed by atoms with Crippen molar-refractivity contribution in [3.05, 3.63) is 27.3 Å². The number of alkyl halides is 3. The third-order valence-corrected chi connectivity index (χ3v) is 7.15. The lowest BCUT2D eigenvalue weighted by Crippen LogP contribution is -2.53. The summed E-state index contributed by atoms with van der Waals surface area (Å²) >= 11 is 2.06. The molecule has 0 radical (unpaired) electrons. The van der Waals surface area contributed by atoms with E-state index in [4.69, 9.17) is 18.9 Å². The third kappa shape index (κ3) is 3.94. The van der Waals surface area contributed by atoms with Crippen LogP contribution >= 0.6 is 22.6 Å². The van der Waals surface area contributed by atoms with E-state index in [9.17, 15) is 35.7 Å². The van der Waals surface area contributed by atoms with E-state index in [0.29, 0.717) is 5.75 Å². The van der Waals surface area contributed by atoms with Crippen LogP contribution in [0.15, 0.2) is 18.2 Å². The van der Waals surface area contributed by atoms with Gasteiger partial charge >= 0.3 is 17.2 Å². The van der Waals surface area contributed by atoms with Crippen molar-refractivity contribution in [1.29, 1.82) is 0 Å². The zero-order valence-corrected chi connectivity index (χ0v) is 18.9. The number of carbonyl (C=O) groups is 2. The molecule has 32 heavy (non-hydrogen) atoms. The number of halogens is 4. The molecule has 0 saturated carbocycles. The van der Waals surface area contributed by atoms with Crippen molar-refractivity contribution in [3.8, 4) is 5.75 Å². The van der Waals surface area contributed by atoms with E-state index in [2.05, 4.69) is 22.6 Å². The smallest absolute Gasteiger partial charge is 0.364 e. The van der Waals surface area contributed by atoms with Crippen molar-refractivity contribution in [2.75, 3.05) is 6.61 Å². The Morgan fingerprint density at radius 1 is 1.38 bits per heavy atom. The summed E-state index contributed by atoms with van der Waals surface area (Å²) in [6.07, 6.45) is -5.98. The quantitative estimate of drug-likeness (QED) is 0.278. The average Bonchev–Trinajstić information content (AvgIpc) is 3.24. The molecule has 0 aliphatic carbocycles. The molecular formula is C18H15F3IO9S-. The highest BCUT2D eigenvalue weighted by atomic mass is 127. The Hall–Kier alpha value is -1.65. The molecule has 2 fully saturated rings. The summed E-state index contributed by atoms with van der Waals surface area (Å²) in [7, 11) is -6.19. The van der Waals surface area contributed by atoms with Gasteiger partial charge < -0.3 is 23.5 Å². The maximum absolute atomic E-state index is 13.5. The second-order valence-electron chi connectivity index (χ2n) is 7.59. The fraction of sp³-hybridized carbons (Fsp3) is 0.556. The Morgan fingerprint density at radius 2 is 2.09 bits per heavy atom. The lowest BCUT2D eigenvalue weighted by Gasteiger charge is -2.39. The van der Waals surface area contributed by atoms with Crippen molar-refractivity contribution < 1.29 is 54.7 Å². The molecule has 9 nitrogen and oxygen atoms in total. The fourth-order valence-electron chi connectivity index (χ4n) is 3.95. The maximum atomic E-state index is 13.5. The van der Waals surface area contributed by atoms with Crippen LogP contribution in [0.4, 0.5) is 13.2 Å². The number of hydrogen-bond donors (Lipinski definition) is 0. The van der Waals surface area contributed by atoms with E-state index in [1.54, 1.807) is 18.2 Å². The first-order valence-electron chi connectivity index (χ1n) is 9.35. The van der Waals surface area contributed by atoms with E-state index >= 15 is 0 Å². The largest absolute Gasteiger partial charge is 0.743 e. The molecule has 1 aromatic carbocycles. The predicted molar refractivity (Wildman–Crippen MR) is 104 cm³/mol. The van der Waals surface area contributed by atoms with Crippen LogP contribution in [0.2, 0.25) is 0 Å². The Bertz CT molecular complexity index is 1070. The minimum Gasteiger partial charge on any atom is -0.743 e. The number of rotatable bonds is 6. The van der Waals surface area contributed by atoms with Gasteiger partial charge in [-0.05, 0) is 47.2 Å². The molecule has 14 heteroatoms. The first-order valence-corrected chi connectivity index (χ1v) is 11.8. The molecule has 1 aromatic rings. The van der Waals surface area contributed by atoms with Gasteiger partial charge in [0.1, 0.15) is 17.4 Å². The van der Waals surface area contributed by atoms with Crippen molar-refractivity contribution >= 4 is 44.6 Å². The molecule has 5 atom stereocenters. The topological polar surface area (TPSA) is 128 Å². The first-order chi connectivity index (χ1) is 14.8. The minimum atomic E-state index is -6.19. The summed E-state index contributed by atoms with van der Waals surface area (Å²) in [6.45, 7) is -0.860. The number of carbonyl (C=O) groups excluding carboxylic acids is 2. The van der Waals surface area contributed by atoms with Gasteiger partial charge in [-0.25, -0.2) is 17.6 Å². The lowest BCUT2D eigenvalue weighted by molar-refractivity contribution is -0.186. The van der Waals surface area contributed by atoms with E-state index in [0.717, 1.165) is 3.57 Å². The number of fused-ring (bicyclic) bond motifs is 4. The van der Waals surface area contributed by atoms with E-state index in [1.165, 1.54) is 0 Å². The molecule has 0 amide bonds. The molecule has 176 valence electrons. The molecule has 3 heterocycles. The summed E-state index contributed by atoms with van der Waals surface area (Å²) in [4.78, 5) is 24.7. The van der Waals surface area contributed by atoms with Crippen LogP contribution in [0.5, 0.6) is 5.75 Å². The van der Waals surface area contributed by atoms with Crippen LogP contribution in [0, 0.1) is 9.49 Å². The first kappa shape index (κ1) is 23.5. The van der Waals surface area contributed by atoms with Gasteiger partial charge in [0.2, 0.25) is 0 Å². The van der Waals surface area contributed by atoms with Crippen molar-refractivity contribution in [2.45, 2.75) is 48.7 Å². The van der Waals surface area contributed by atoms with Crippen LogP contribution in [0.25, 0.3) is 0 Å². The summed E-state index contributed by atoms with van der Waals surface area (Å²) in [6, 6.07) is 4.96. The van der Waals surface area contributed by atoms with Gasteiger partial charge in [-0.15, -0.1) is 0 Å². The number of esters is 2. The van der Waals surface area contributed by atoms with E-state index in [1.807, 2.05) is 0 Å². The number of benzene rings is 1. The molecule has 4 rings (SSSR count). The zero-order chi connectivity index (χ0) is 23.5. The van der Waals surface area contributed by atoms with Crippen LogP contribution in [0.1, 0.15) is 29.6 Å². The second-order valence-corrected chi connectivity index (χ2v) is 10.3. The Labute approximate surface area is 193 Å². The van der Waals surface area contributed by atoms with Gasteiger partial charge in [0.25, 0.3) is 5.79 Å². The summed E-state index contributed by atoms with van der Waals surface area (Å²) in [5.74, 6) is -3.39. The lowest BCUT2D eigenvalue weighted by atomic mass is 9.84. The van der Waals surface area contributed by atoms with Crippen LogP contribution in [-0.2, 0) is 29.1 Å². The predicted octanol–water partition coefficient (Wildman–Crippen LogP) is 2.12. The highest BCUT2D eigenvalue weighted by Crippen LogP contribution is 2.50. The minimum absolute atomic E-state index is 0.0202. The van der Waals surface area contributed by atoms with Crippen LogP contribution in [0.3, 0.4) is 0 Å². The molecule has 5 unspecified atom stereocenters. The molecule has 1 spiro atoms. The number of hydrogen-bond acceptors (Lipinski definition) is 9. The molecule has 3 aliphatic rings. The molecule has 2 bridgehead atoms. The molecule has 3 aliphatic heterocycles. The summed E-state index contributed by atoms with van der Waals surface area (Å²) < 4.78 is 93.8. The van der Waals surface area contributed by atoms with Crippen molar-refractivity contribution in [1.82, 2.24) is 0 Å². The van der Waals surface area contributed by atoms with Crippen molar-refractivity contribution in [3.63, 3.8) is 0 Å². The Morgan fingerprint density at radius 3 is 2.72 bits per heavy atom. The third-order valence-electron chi connectivity index (χ3n) is 5.56. The fourth-order valence-corrected chi connectivity index (χ4v) is 4.85. The highest BCUT2D eigenvalue weighted by Gasteiger charge is 2.64. The van der Waals surface area contributed by atoms with Gasteiger partial charge in [0.15, 0.2) is 16.3 Å². The Kier molecular flexibility index (Phi) is 5.87. The van der Waals surface area contributed by atoms with Gasteiger partial charge in [-0.3, -0.25) is 4.79 Å². The van der Waals surface area contributed by atoms with Gasteiger partial charge in [0, 0.05) is 9.99 Å². The Balaban J connectivity index is 1.35. The molecule has 2 saturated heterocycles. The summed E-state index contributed by atoms with van der Waals surface area (Å²) in [5.41, 5.74) is 0.257. The average molecular weight is 591 g/mol. The SMILES string of the molecule is O=C1OC2(CC3OC2CC3C(=O)OCCC(F)C(F)(F)S(=O)(=O)[O-])Oc2cc(I)ccc21. The standard InChI is InChI=1S/C18H16F3IO9S/c19-13(18(20,21)32(25,26)27)3-4-28-15(23)10-6-14-17(7-12(10)29-14)30-11-5-8(22)1-2-9(11)16(24)31-17/h1-2,5,10,12-14H,3-4,6-7H2,(H,25,26,27)/p-1. The highest BCUT2D eigenvalue weighted by molar-refractivity contribution is 14.1. The van der Waals surface area contributed by atoms with Gasteiger partial charge in [-0.2, -0.15) is 8.78 Å². The van der Waals surface area contributed by atoms with Crippen LogP contribution in [-0.4, -0.2) is 60.9 Å². The maximum Gasteiger partial charge on any atom is 0.364 e. The zero-order valence-electron chi connectivity index (χ0n) is 16.0. The normalized spacial score (nSPS) is 29.9. The van der Waals surface area contributed by atoms with Gasteiger partial charge in [-0.1, -0.05) is 0 Å². The van der Waals surface area contributed by atoms with Crippen LogP contribution < -0.4 is 4.74 Å². The molecule has 0 N–H and O–H groups in total. The van der Waals surface area contributed by atoms with Crippen molar-refractivity contribution in [2.24, 2.45) is 5.92 Å². The number of ether oxygens (including phenoxy) is 4. The molecule has 0 aromatic heterocycles. The van der Waals surface area contributed by atoms with Gasteiger partial charge in [0.05, 0.1) is 25.0 Å². The van der Waals surface area contributed by atoms with E-state index < -0.39 is 70.4 Å².